The summed E-state index contributed by atoms with van der Waals surface area (Å²) in [5, 5.41) is 2.94. The van der Waals surface area contributed by atoms with Crippen LogP contribution in [0.4, 0.5) is 0 Å². The molecule has 1 aliphatic rings. The maximum Gasteiger partial charge on any atom is 0.180 e. The molecule has 37 heavy (non-hydrogen) atoms. The highest BCUT2D eigenvalue weighted by Crippen LogP contribution is 2.50. The lowest BCUT2D eigenvalue weighted by molar-refractivity contribution is 0.497. The Kier molecular flexibility index (Phi) is 5.45. The topological polar surface area (TPSA) is 9.23 Å². The highest BCUT2D eigenvalue weighted by molar-refractivity contribution is 7.11. The molecule has 0 unspecified atom stereocenters. The van der Waals surface area contributed by atoms with E-state index in [0.29, 0.717) is 0 Å². The molecule has 2 heteroatoms. The summed E-state index contributed by atoms with van der Waals surface area (Å²) in [5.41, 5.74) is 13.0. The second kappa shape index (κ2) is 9.24. The van der Waals surface area contributed by atoms with Crippen molar-refractivity contribution in [2.24, 2.45) is 0 Å². The van der Waals surface area contributed by atoms with Crippen molar-refractivity contribution < 1.29 is 4.74 Å². The monoisotopic (exact) mass is 492 g/mol. The van der Waals surface area contributed by atoms with E-state index in [2.05, 4.69) is 115 Å². The van der Waals surface area contributed by atoms with Gasteiger partial charge in [0.25, 0.3) is 0 Å². The van der Waals surface area contributed by atoms with Gasteiger partial charge in [-0.3, -0.25) is 0 Å². The number of thiophene rings is 1. The molecule has 5 aromatic carbocycles. The number of benzene rings is 5. The molecule has 176 valence electrons. The third-order valence-corrected chi connectivity index (χ3v) is 7.86. The van der Waals surface area contributed by atoms with Crippen LogP contribution in [0, 0.1) is 0 Å². The minimum absolute atomic E-state index is 0.853. The normalized spacial score (nSPS) is 11.7. The standard InChI is InChI=1S/C35H24OS/c1-3-10-24(11-4-1)30-23-31-29-15-8-7-14-27(29)22-32(31)35(34(30)25-12-5-2-6-13-25)26-17-19-28(20-18-26)36-33-16-9-21-37-33/h1-21,23H,22H2. The van der Waals surface area contributed by atoms with Gasteiger partial charge in [-0.1, -0.05) is 97.1 Å². The minimum Gasteiger partial charge on any atom is -0.447 e. The molecule has 0 radical (unpaired) electrons. The van der Waals surface area contributed by atoms with Gasteiger partial charge in [0.15, 0.2) is 5.06 Å². The molecule has 6 aromatic rings. The van der Waals surface area contributed by atoms with E-state index in [9.17, 15) is 0 Å². The molecule has 0 fully saturated rings. The first-order valence-corrected chi connectivity index (χ1v) is 13.4. The van der Waals surface area contributed by atoms with Crippen LogP contribution in [0.1, 0.15) is 11.1 Å². The fraction of sp³-hybridized carbons (Fsp3) is 0.0286. The zero-order valence-electron chi connectivity index (χ0n) is 20.2. The molecule has 7 rings (SSSR count). The summed E-state index contributed by atoms with van der Waals surface area (Å²) < 4.78 is 6.08. The van der Waals surface area contributed by atoms with Gasteiger partial charge in [0.2, 0.25) is 0 Å². The summed E-state index contributed by atoms with van der Waals surface area (Å²) in [6.07, 6.45) is 0.934. The third-order valence-electron chi connectivity index (χ3n) is 7.11. The molecule has 1 heterocycles. The summed E-state index contributed by atoms with van der Waals surface area (Å²) in [7, 11) is 0. The van der Waals surface area contributed by atoms with Crippen molar-refractivity contribution in [3.63, 3.8) is 0 Å². The fourth-order valence-electron chi connectivity index (χ4n) is 5.47. The maximum atomic E-state index is 6.08. The van der Waals surface area contributed by atoms with E-state index < -0.39 is 0 Å². The van der Waals surface area contributed by atoms with E-state index in [1.54, 1.807) is 11.3 Å². The molecule has 0 aliphatic heterocycles. The van der Waals surface area contributed by atoms with Gasteiger partial charge in [-0.15, -0.1) is 11.3 Å². The zero-order valence-corrected chi connectivity index (χ0v) is 21.0. The zero-order chi connectivity index (χ0) is 24.6. The Morgan fingerprint density at radius 3 is 1.92 bits per heavy atom. The molecule has 1 aliphatic carbocycles. The molecule has 0 amide bonds. The van der Waals surface area contributed by atoms with Gasteiger partial charge >= 0.3 is 0 Å². The van der Waals surface area contributed by atoms with Crippen LogP contribution in [0.25, 0.3) is 44.5 Å². The van der Waals surface area contributed by atoms with Crippen LogP contribution >= 0.6 is 11.3 Å². The van der Waals surface area contributed by atoms with Gasteiger partial charge in [-0.25, -0.2) is 0 Å². The van der Waals surface area contributed by atoms with Crippen molar-refractivity contribution in [1.29, 1.82) is 0 Å². The molecule has 0 spiro atoms. The number of rotatable bonds is 5. The second-order valence-corrected chi connectivity index (χ2v) is 10.2. The number of hydrogen-bond acceptors (Lipinski definition) is 2. The lowest BCUT2D eigenvalue weighted by atomic mass is 9.82. The highest BCUT2D eigenvalue weighted by atomic mass is 32.1. The van der Waals surface area contributed by atoms with Crippen molar-refractivity contribution >= 4 is 11.3 Å². The van der Waals surface area contributed by atoms with Gasteiger partial charge in [0, 0.05) is 0 Å². The highest BCUT2D eigenvalue weighted by Gasteiger charge is 2.27. The second-order valence-electron chi connectivity index (χ2n) is 9.32. The number of fused-ring (bicyclic) bond motifs is 3. The van der Waals surface area contributed by atoms with E-state index >= 15 is 0 Å². The van der Waals surface area contributed by atoms with Crippen LogP contribution in [0.5, 0.6) is 10.8 Å². The lowest BCUT2D eigenvalue weighted by Gasteiger charge is -2.21. The lowest BCUT2D eigenvalue weighted by Crippen LogP contribution is -1.97. The summed E-state index contributed by atoms with van der Waals surface area (Å²) in [5.74, 6) is 0.853. The average Bonchev–Trinajstić information content (AvgIpc) is 3.61. The Hall–Kier alpha value is -4.40. The summed E-state index contributed by atoms with van der Waals surface area (Å²) in [4.78, 5) is 0. The molecule has 0 bridgehead atoms. The predicted octanol–water partition coefficient (Wildman–Crippen LogP) is 10.1. The molecule has 0 atom stereocenters. The van der Waals surface area contributed by atoms with Gasteiger partial charge in [-0.05, 0) is 97.8 Å². The third kappa shape index (κ3) is 3.96. The fourth-order valence-corrected chi connectivity index (χ4v) is 6.06. The van der Waals surface area contributed by atoms with E-state index in [4.69, 9.17) is 4.74 Å². The van der Waals surface area contributed by atoms with Crippen molar-refractivity contribution in [2.45, 2.75) is 6.42 Å². The molecule has 0 saturated carbocycles. The van der Waals surface area contributed by atoms with Gasteiger partial charge in [-0.2, -0.15) is 0 Å². The van der Waals surface area contributed by atoms with Crippen LogP contribution in [0.2, 0.25) is 0 Å². The molecule has 1 aromatic heterocycles. The number of hydrogen-bond donors (Lipinski definition) is 0. The Morgan fingerprint density at radius 1 is 0.514 bits per heavy atom. The van der Waals surface area contributed by atoms with Crippen LogP contribution in [-0.2, 0) is 6.42 Å². The molecule has 0 saturated heterocycles. The van der Waals surface area contributed by atoms with E-state index in [-0.39, 0.29) is 0 Å². The van der Waals surface area contributed by atoms with Crippen molar-refractivity contribution in [2.75, 3.05) is 0 Å². The predicted molar refractivity (Wildman–Crippen MR) is 155 cm³/mol. The number of ether oxygens (including phenoxy) is 1. The van der Waals surface area contributed by atoms with Crippen LogP contribution < -0.4 is 4.74 Å². The largest absolute Gasteiger partial charge is 0.447 e. The average molecular weight is 493 g/mol. The first-order valence-electron chi connectivity index (χ1n) is 12.6. The Balaban J connectivity index is 1.49. The summed E-state index contributed by atoms with van der Waals surface area (Å²) in [6, 6.07) is 45.4. The molecular weight excluding hydrogens is 468 g/mol. The first kappa shape index (κ1) is 21.8. The van der Waals surface area contributed by atoms with Crippen molar-refractivity contribution in [3.8, 4) is 55.3 Å². The van der Waals surface area contributed by atoms with Crippen molar-refractivity contribution in [3.05, 3.63) is 144 Å². The van der Waals surface area contributed by atoms with E-state index in [1.807, 2.05) is 17.5 Å². The minimum atomic E-state index is 0.853. The van der Waals surface area contributed by atoms with Gasteiger partial charge < -0.3 is 4.74 Å². The van der Waals surface area contributed by atoms with Crippen LogP contribution in [0.3, 0.4) is 0 Å². The van der Waals surface area contributed by atoms with Crippen LogP contribution in [0.15, 0.2) is 133 Å². The van der Waals surface area contributed by atoms with Gasteiger partial charge in [0.1, 0.15) is 5.75 Å². The Bertz CT molecular complexity index is 1680. The van der Waals surface area contributed by atoms with E-state index in [0.717, 1.165) is 17.2 Å². The van der Waals surface area contributed by atoms with Crippen LogP contribution in [-0.4, -0.2) is 0 Å². The van der Waals surface area contributed by atoms with E-state index in [1.165, 1.54) is 55.6 Å². The molecule has 0 N–H and O–H groups in total. The van der Waals surface area contributed by atoms with Gasteiger partial charge in [0.05, 0.1) is 0 Å². The first-order chi connectivity index (χ1) is 18.3. The van der Waals surface area contributed by atoms with Crippen molar-refractivity contribution in [1.82, 2.24) is 0 Å². The Morgan fingerprint density at radius 2 is 1.19 bits per heavy atom. The summed E-state index contributed by atoms with van der Waals surface area (Å²) >= 11 is 1.60. The molecule has 1 nitrogen and oxygen atoms in total. The Labute approximate surface area is 221 Å². The quantitative estimate of drug-likeness (QED) is 0.232. The maximum absolute atomic E-state index is 6.08. The summed E-state index contributed by atoms with van der Waals surface area (Å²) in [6.45, 7) is 0. The SMILES string of the molecule is c1ccc(-c2cc3c(c(-c4ccc(Oc5cccs5)cc4)c2-c2ccccc2)Cc2ccccc2-3)cc1. The smallest absolute Gasteiger partial charge is 0.180 e. The molecular formula is C35H24OS.